The van der Waals surface area contributed by atoms with Crippen LogP contribution in [0.2, 0.25) is 0 Å². The van der Waals surface area contributed by atoms with E-state index in [0.29, 0.717) is 25.4 Å². The largest absolute Gasteiger partial charge is 0.383 e. The van der Waals surface area contributed by atoms with Gasteiger partial charge in [-0.15, -0.1) is 0 Å². The molecule has 0 unspecified atom stereocenters. The van der Waals surface area contributed by atoms with Gasteiger partial charge in [-0.1, -0.05) is 18.2 Å². The van der Waals surface area contributed by atoms with E-state index in [1.165, 1.54) is 16.8 Å². The van der Waals surface area contributed by atoms with Crippen molar-refractivity contribution in [1.82, 2.24) is 20.4 Å². The molecule has 0 spiro atoms. The first-order valence-electron chi connectivity index (χ1n) is 7.36. The zero-order valence-electron chi connectivity index (χ0n) is 13.0. The molecule has 0 aliphatic carbocycles. The van der Waals surface area contributed by atoms with Crippen molar-refractivity contribution < 1.29 is 9.53 Å². The van der Waals surface area contributed by atoms with Crippen LogP contribution in [0.15, 0.2) is 47.3 Å². The molecular formula is C16H20N4O3. The average Bonchev–Trinajstić information content (AvgIpc) is 2.59. The highest BCUT2D eigenvalue weighted by Gasteiger charge is 2.09. The molecule has 0 saturated heterocycles. The number of amides is 1. The van der Waals surface area contributed by atoms with Gasteiger partial charge in [-0.3, -0.25) is 9.59 Å². The number of benzene rings is 1. The summed E-state index contributed by atoms with van der Waals surface area (Å²) in [5.41, 5.74) is 0.535. The third kappa shape index (κ3) is 5.01. The molecule has 0 bridgehead atoms. The summed E-state index contributed by atoms with van der Waals surface area (Å²) in [7, 11) is 1.64. The maximum absolute atomic E-state index is 12.1. The minimum atomic E-state index is -0.316. The number of hydrogen-bond donors (Lipinski definition) is 2. The Labute approximate surface area is 134 Å². The fraction of sp³-hybridized carbons (Fsp3) is 0.312. The van der Waals surface area contributed by atoms with Crippen LogP contribution in [0, 0.1) is 0 Å². The van der Waals surface area contributed by atoms with Crippen LogP contribution >= 0.6 is 0 Å². The summed E-state index contributed by atoms with van der Waals surface area (Å²) < 4.78 is 6.13. The van der Waals surface area contributed by atoms with Crippen LogP contribution in [0.1, 0.15) is 10.5 Å². The molecule has 2 aromatic rings. The first-order chi connectivity index (χ1) is 11.2. The Morgan fingerprint density at radius 3 is 2.65 bits per heavy atom. The average molecular weight is 316 g/mol. The number of para-hydroxylation sites is 1. The van der Waals surface area contributed by atoms with Crippen LogP contribution in [0.4, 0.5) is 0 Å². The fourth-order valence-corrected chi connectivity index (χ4v) is 1.94. The Hall–Kier alpha value is -2.51. The lowest BCUT2D eigenvalue weighted by Gasteiger charge is -2.08. The Morgan fingerprint density at radius 2 is 1.91 bits per heavy atom. The van der Waals surface area contributed by atoms with Gasteiger partial charge in [0, 0.05) is 32.8 Å². The molecule has 122 valence electrons. The lowest BCUT2D eigenvalue weighted by atomic mass is 10.3. The van der Waals surface area contributed by atoms with Gasteiger partial charge in [-0.2, -0.15) is 9.78 Å². The van der Waals surface area contributed by atoms with Crippen LogP contribution in [-0.4, -0.2) is 49.0 Å². The molecule has 7 nitrogen and oxygen atoms in total. The summed E-state index contributed by atoms with van der Waals surface area (Å²) in [4.78, 5) is 24.0. The third-order valence-corrected chi connectivity index (χ3v) is 3.10. The van der Waals surface area contributed by atoms with E-state index in [0.717, 1.165) is 6.54 Å². The Kier molecular flexibility index (Phi) is 6.46. The molecule has 1 heterocycles. The molecule has 1 aromatic carbocycles. The predicted molar refractivity (Wildman–Crippen MR) is 86.9 cm³/mol. The summed E-state index contributed by atoms with van der Waals surface area (Å²) in [5, 5.41) is 10.0. The molecule has 1 aromatic heterocycles. The highest BCUT2D eigenvalue weighted by Crippen LogP contribution is 2.02. The van der Waals surface area contributed by atoms with Gasteiger partial charge in [0.05, 0.1) is 12.3 Å². The number of hydrogen-bond acceptors (Lipinski definition) is 5. The molecular weight excluding hydrogens is 296 g/mol. The van der Waals surface area contributed by atoms with E-state index >= 15 is 0 Å². The quantitative estimate of drug-likeness (QED) is 0.680. The van der Waals surface area contributed by atoms with Crippen molar-refractivity contribution in [2.45, 2.75) is 0 Å². The number of nitrogens with one attached hydrogen (secondary N) is 2. The second-order valence-electron chi connectivity index (χ2n) is 4.80. The molecule has 0 aliphatic rings. The van der Waals surface area contributed by atoms with E-state index in [1.807, 2.05) is 18.2 Å². The van der Waals surface area contributed by atoms with Crippen molar-refractivity contribution in [1.29, 1.82) is 0 Å². The Balaban J connectivity index is 1.98. The van der Waals surface area contributed by atoms with Gasteiger partial charge >= 0.3 is 0 Å². The summed E-state index contributed by atoms with van der Waals surface area (Å²) >= 11 is 0. The molecule has 0 saturated carbocycles. The Bertz CT molecular complexity index is 685. The van der Waals surface area contributed by atoms with Gasteiger partial charge < -0.3 is 15.4 Å². The van der Waals surface area contributed by atoms with Crippen LogP contribution in [0.3, 0.4) is 0 Å². The standard InChI is InChI=1S/C16H20N4O3/c1-23-12-11-17-9-10-18-16(22)14-7-8-15(21)20(19-14)13-5-3-2-4-6-13/h2-8,17H,9-12H2,1H3,(H,18,22). The second-order valence-corrected chi connectivity index (χ2v) is 4.80. The van der Waals surface area contributed by atoms with E-state index in [-0.39, 0.29) is 17.2 Å². The predicted octanol–water partition coefficient (Wildman–Crippen LogP) is 0.198. The maximum Gasteiger partial charge on any atom is 0.271 e. The van der Waals surface area contributed by atoms with Crippen molar-refractivity contribution in [2.24, 2.45) is 0 Å². The summed E-state index contributed by atoms with van der Waals surface area (Å²) in [6, 6.07) is 11.7. The fourth-order valence-electron chi connectivity index (χ4n) is 1.94. The lowest BCUT2D eigenvalue weighted by molar-refractivity contribution is 0.0947. The summed E-state index contributed by atoms with van der Waals surface area (Å²) in [6.45, 7) is 2.45. The zero-order valence-corrected chi connectivity index (χ0v) is 13.0. The normalized spacial score (nSPS) is 10.5. The number of ether oxygens (including phenoxy) is 1. The zero-order chi connectivity index (χ0) is 16.5. The number of rotatable bonds is 8. The van der Waals surface area contributed by atoms with E-state index in [9.17, 15) is 9.59 Å². The topological polar surface area (TPSA) is 85.3 Å². The number of carbonyl (C=O) groups excluding carboxylic acids is 1. The van der Waals surface area contributed by atoms with Crippen LogP contribution in [0.5, 0.6) is 0 Å². The highest BCUT2D eigenvalue weighted by molar-refractivity contribution is 5.92. The van der Waals surface area contributed by atoms with Gasteiger partial charge in [0.1, 0.15) is 5.69 Å². The van der Waals surface area contributed by atoms with Gasteiger partial charge in [-0.25, -0.2) is 0 Å². The van der Waals surface area contributed by atoms with Gasteiger partial charge in [0.25, 0.3) is 11.5 Å². The first-order valence-corrected chi connectivity index (χ1v) is 7.36. The molecule has 0 atom stereocenters. The van der Waals surface area contributed by atoms with E-state index in [4.69, 9.17) is 4.74 Å². The summed E-state index contributed by atoms with van der Waals surface area (Å²) in [6.07, 6.45) is 0. The molecule has 0 aliphatic heterocycles. The van der Waals surface area contributed by atoms with Gasteiger partial charge in [-0.05, 0) is 18.2 Å². The number of nitrogens with zero attached hydrogens (tertiary/aromatic N) is 2. The molecule has 1 amide bonds. The van der Waals surface area contributed by atoms with Gasteiger partial charge in [0.2, 0.25) is 0 Å². The highest BCUT2D eigenvalue weighted by atomic mass is 16.5. The van der Waals surface area contributed by atoms with E-state index in [2.05, 4.69) is 15.7 Å². The lowest BCUT2D eigenvalue weighted by Crippen LogP contribution is -2.34. The molecule has 23 heavy (non-hydrogen) atoms. The van der Waals surface area contributed by atoms with Crippen LogP contribution in [0.25, 0.3) is 5.69 Å². The number of methoxy groups -OCH3 is 1. The molecule has 7 heteroatoms. The van der Waals surface area contributed by atoms with Crippen molar-refractivity contribution in [3.63, 3.8) is 0 Å². The van der Waals surface area contributed by atoms with Gasteiger partial charge in [0.15, 0.2) is 0 Å². The first kappa shape index (κ1) is 16.9. The summed E-state index contributed by atoms with van der Waals surface area (Å²) in [5.74, 6) is -0.316. The molecule has 0 fully saturated rings. The third-order valence-electron chi connectivity index (χ3n) is 3.10. The molecule has 2 rings (SSSR count). The minimum Gasteiger partial charge on any atom is -0.383 e. The maximum atomic E-state index is 12.1. The number of carbonyl (C=O) groups is 1. The minimum absolute atomic E-state index is 0.199. The molecule has 0 radical (unpaired) electrons. The van der Waals surface area contributed by atoms with Crippen LogP contribution < -0.4 is 16.2 Å². The van der Waals surface area contributed by atoms with Crippen molar-refractivity contribution >= 4 is 5.91 Å². The van der Waals surface area contributed by atoms with E-state index < -0.39 is 0 Å². The second kappa shape index (κ2) is 8.82. The van der Waals surface area contributed by atoms with Crippen molar-refractivity contribution in [2.75, 3.05) is 33.4 Å². The SMILES string of the molecule is COCCNCCNC(=O)c1ccc(=O)n(-c2ccccc2)n1. The van der Waals surface area contributed by atoms with Crippen LogP contribution in [-0.2, 0) is 4.74 Å². The number of aromatic nitrogens is 2. The molecule has 2 N–H and O–H groups in total. The van der Waals surface area contributed by atoms with Crippen molar-refractivity contribution in [3.8, 4) is 5.69 Å². The monoisotopic (exact) mass is 316 g/mol. The Morgan fingerprint density at radius 1 is 1.13 bits per heavy atom. The van der Waals surface area contributed by atoms with E-state index in [1.54, 1.807) is 19.2 Å². The smallest absolute Gasteiger partial charge is 0.271 e. The van der Waals surface area contributed by atoms with Crippen molar-refractivity contribution in [3.05, 3.63) is 58.5 Å².